The van der Waals surface area contributed by atoms with E-state index in [1.807, 2.05) is 17.2 Å². The third kappa shape index (κ3) is 3.91. The number of aromatic nitrogens is 2. The molecule has 1 amide bonds. The molecule has 6 heteroatoms. The van der Waals surface area contributed by atoms with Crippen LogP contribution in [0.25, 0.3) is 11.0 Å². The van der Waals surface area contributed by atoms with E-state index in [4.69, 9.17) is 10.7 Å². The van der Waals surface area contributed by atoms with Gasteiger partial charge < -0.3 is 15.2 Å². The number of hydrogen-bond acceptors (Lipinski definition) is 4. The minimum absolute atomic E-state index is 0.0935. The first-order chi connectivity index (χ1) is 12.5. The summed E-state index contributed by atoms with van der Waals surface area (Å²) in [7, 11) is 0. The highest BCUT2D eigenvalue weighted by Crippen LogP contribution is 2.31. The van der Waals surface area contributed by atoms with Gasteiger partial charge in [0.05, 0.1) is 17.1 Å². The Morgan fingerprint density at radius 2 is 2.15 bits per heavy atom. The van der Waals surface area contributed by atoms with Gasteiger partial charge in [-0.2, -0.15) is 11.8 Å². The van der Waals surface area contributed by atoms with Gasteiger partial charge in [-0.25, -0.2) is 4.98 Å². The molecule has 142 valence electrons. The Morgan fingerprint density at radius 1 is 1.38 bits per heavy atom. The summed E-state index contributed by atoms with van der Waals surface area (Å²) in [5.74, 6) is 2.40. The number of para-hydroxylation sites is 2. The summed E-state index contributed by atoms with van der Waals surface area (Å²) in [4.78, 5) is 19.6. The van der Waals surface area contributed by atoms with Crippen LogP contribution >= 0.6 is 11.8 Å². The number of fused-ring (bicyclic) bond motifs is 1. The van der Waals surface area contributed by atoms with Gasteiger partial charge in [-0.05, 0) is 57.3 Å². The van der Waals surface area contributed by atoms with Crippen molar-refractivity contribution in [2.24, 2.45) is 5.73 Å². The molecule has 0 aliphatic carbocycles. The normalized spacial score (nSPS) is 19.3. The van der Waals surface area contributed by atoms with Crippen LogP contribution in [-0.2, 0) is 4.79 Å². The third-order valence-corrected chi connectivity index (χ3v) is 5.83. The number of imidazole rings is 1. The highest BCUT2D eigenvalue weighted by Gasteiger charge is 2.30. The van der Waals surface area contributed by atoms with E-state index in [1.54, 1.807) is 11.8 Å². The minimum atomic E-state index is -0.384. The summed E-state index contributed by atoms with van der Waals surface area (Å²) in [5, 5.41) is 0. The topological polar surface area (TPSA) is 64.2 Å². The van der Waals surface area contributed by atoms with Crippen LogP contribution in [0.4, 0.5) is 0 Å². The van der Waals surface area contributed by atoms with Crippen LogP contribution in [0.2, 0.25) is 0 Å². The van der Waals surface area contributed by atoms with Crippen LogP contribution in [-0.4, -0.2) is 51.5 Å². The SMILES string of the molecule is CSCC[C@H](N)C(=O)N1CCCC(c2nc3ccccc3n2C(C)C)C1. The first-order valence-corrected chi connectivity index (χ1v) is 10.9. The van der Waals surface area contributed by atoms with Crippen molar-refractivity contribution in [1.29, 1.82) is 0 Å². The Labute approximate surface area is 160 Å². The second-order valence-corrected chi connectivity index (χ2v) is 8.42. The molecule has 1 aromatic heterocycles. The molecular formula is C20H30N4OS. The summed E-state index contributed by atoms with van der Waals surface area (Å²) in [6, 6.07) is 8.26. The first kappa shape index (κ1) is 19.2. The van der Waals surface area contributed by atoms with Crippen LogP contribution < -0.4 is 5.73 Å². The lowest BCUT2D eigenvalue weighted by molar-refractivity contribution is -0.133. The minimum Gasteiger partial charge on any atom is -0.341 e. The average Bonchev–Trinajstić information content (AvgIpc) is 3.05. The van der Waals surface area contributed by atoms with Gasteiger partial charge in [0.2, 0.25) is 5.91 Å². The molecule has 2 atom stereocenters. The van der Waals surface area contributed by atoms with Crippen molar-refractivity contribution >= 4 is 28.7 Å². The maximum absolute atomic E-state index is 12.7. The number of carbonyl (C=O) groups excluding carboxylic acids is 1. The van der Waals surface area contributed by atoms with Crippen LogP contribution in [0.15, 0.2) is 24.3 Å². The van der Waals surface area contributed by atoms with Gasteiger partial charge in [0, 0.05) is 25.0 Å². The van der Waals surface area contributed by atoms with Crippen molar-refractivity contribution in [1.82, 2.24) is 14.5 Å². The van der Waals surface area contributed by atoms with Gasteiger partial charge in [-0.1, -0.05) is 12.1 Å². The molecule has 2 N–H and O–H groups in total. The first-order valence-electron chi connectivity index (χ1n) is 9.53. The van der Waals surface area contributed by atoms with E-state index in [1.165, 1.54) is 5.52 Å². The van der Waals surface area contributed by atoms with Crippen molar-refractivity contribution in [2.45, 2.75) is 51.1 Å². The van der Waals surface area contributed by atoms with E-state index in [2.05, 4.69) is 36.6 Å². The van der Waals surface area contributed by atoms with Gasteiger partial charge in [0.1, 0.15) is 5.82 Å². The highest BCUT2D eigenvalue weighted by atomic mass is 32.2. The fourth-order valence-electron chi connectivity index (χ4n) is 3.88. The van der Waals surface area contributed by atoms with Crippen molar-refractivity contribution in [3.05, 3.63) is 30.1 Å². The van der Waals surface area contributed by atoms with Crippen LogP contribution in [0, 0.1) is 0 Å². The van der Waals surface area contributed by atoms with Gasteiger partial charge >= 0.3 is 0 Å². The Bertz CT molecular complexity index is 757. The van der Waals surface area contributed by atoms with E-state index in [-0.39, 0.29) is 17.9 Å². The second-order valence-electron chi connectivity index (χ2n) is 7.43. The zero-order chi connectivity index (χ0) is 18.7. The molecule has 1 aliphatic rings. The summed E-state index contributed by atoms with van der Waals surface area (Å²) in [6.45, 7) is 5.93. The van der Waals surface area contributed by atoms with Crippen LogP contribution in [0.5, 0.6) is 0 Å². The highest BCUT2D eigenvalue weighted by molar-refractivity contribution is 7.98. The Hall–Kier alpha value is -1.53. The zero-order valence-electron chi connectivity index (χ0n) is 16.0. The van der Waals surface area contributed by atoms with Gasteiger partial charge in [-0.15, -0.1) is 0 Å². The number of likely N-dealkylation sites (tertiary alicyclic amines) is 1. The average molecular weight is 375 g/mol. The lowest BCUT2D eigenvalue weighted by Crippen LogP contribution is -2.48. The smallest absolute Gasteiger partial charge is 0.239 e. The van der Waals surface area contributed by atoms with E-state index < -0.39 is 0 Å². The molecule has 2 heterocycles. The number of carbonyl (C=O) groups is 1. The van der Waals surface area contributed by atoms with Crippen LogP contribution in [0.3, 0.4) is 0 Å². The van der Waals surface area contributed by atoms with E-state index in [0.717, 1.165) is 49.4 Å². The quantitative estimate of drug-likeness (QED) is 0.842. The molecular weight excluding hydrogens is 344 g/mol. The summed E-state index contributed by atoms with van der Waals surface area (Å²) < 4.78 is 2.33. The number of hydrogen-bond donors (Lipinski definition) is 1. The molecule has 3 rings (SSSR count). The Morgan fingerprint density at radius 3 is 2.88 bits per heavy atom. The largest absolute Gasteiger partial charge is 0.341 e. The van der Waals surface area contributed by atoms with Crippen molar-refractivity contribution in [2.75, 3.05) is 25.1 Å². The number of rotatable bonds is 6. The van der Waals surface area contributed by atoms with Gasteiger partial charge in [-0.3, -0.25) is 4.79 Å². The standard InChI is InChI=1S/C20H30N4OS/c1-14(2)24-18-9-5-4-8-17(18)22-19(24)15-7-6-11-23(13-15)20(25)16(21)10-12-26-3/h4-5,8-9,14-16H,6-7,10-13,21H2,1-3H3/t15?,16-/m0/s1. The predicted molar refractivity (Wildman–Crippen MR) is 110 cm³/mol. The predicted octanol–water partition coefficient (Wildman–Crippen LogP) is 3.40. The number of nitrogens with two attached hydrogens (primary N) is 1. The van der Waals surface area contributed by atoms with E-state index in [0.29, 0.717) is 6.04 Å². The molecule has 1 fully saturated rings. The molecule has 0 radical (unpaired) electrons. The molecule has 0 saturated carbocycles. The molecule has 26 heavy (non-hydrogen) atoms. The van der Waals surface area contributed by atoms with Gasteiger partial charge in [0.15, 0.2) is 0 Å². The molecule has 1 unspecified atom stereocenters. The molecule has 1 aromatic carbocycles. The molecule has 2 aromatic rings. The van der Waals surface area contributed by atoms with Crippen molar-refractivity contribution in [3.63, 3.8) is 0 Å². The Balaban J connectivity index is 1.83. The van der Waals surface area contributed by atoms with E-state index in [9.17, 15) is 4.79 Å². The third-order valence-electron chi connectivity index (χ3n) is 5.19. The molecule has 1 saturated heterocycles. The maximum atomic E-state index is 12.7. The number of amides is 1. The number of benzene rings is 1. The molecule has 1 aliphatic heterocycles. The lowest BCUT2D eigenvalue weighted by Gasteiger charge is -2.34. The molecule has 5 nitrogen and oxygen atoms in total. The van der Waals surface area contributed by atoms with Crippen molar-refractivity contribution < 1.29 is 4.79 Å². The summed E-state index contributed by atoms with van der Waals surface area (Å²) in [6.07, 6.45) is 4.86. The summed E-state index contributed by atoms with van der Waals surface area (Å²) >= 11 is 1.73. The molecule has 0 spiro atoms. The van der Waals surface area contributed by atoms with Gasteiger partial charge in [0.25, 0.3) is 0 Å². The fraction of sp³-hybridized carbons (Fsp3) is 0.600. The number of piperidine rings is 1. The van der Waals surface area contributed by atoms with Crippen LogP contribution in [0.1, 0.15) is 50.9 Å². The fourth-order valence-corrected chi connectivity index (χ4v) is 4.37. The lowest BCUT2D eigenvalue weighted by atomic mass is 9.96. The zero-order valence-corrected chi connectivity index (χ0v) is 16.8. The number of nitrogens with zero attached hydrogens (tertiary/aromatic N) is 3. The van der Waals surface area contributed by atoms with E-state index >= 15 is 0 Å². The molecule has 0 bridgehead atoms. The number of thioether (sulfide) groups is 1. The Kier molecular flexibility index (Phi) is 6.24. The maximum Gasteiger partial charge on any atom is 0.239 e. The second kappa shape index (κ2) is 8.44. The van der Waals surface area contributed by atoms with Crippen molar-refractivity contribution in [3.8, 4) is 0 Å². The monoisotopic (exact) mass is 374 g/mol. The summed E-state index contributed by atoms with van der Waals surface area (Å²) in [5.41, 5.74) is 8.35.